The number of fused-ring (bicyclic) bond motifs is 1. The standard InChI is InChI=1S/C26H29FN6O/c1-26(2,3)32-14-13-21(20(27)15-32)33-25-22(24(28)29-16-30-25)23(31-33)17-9-11-19(12-10-17)34-18-7-5-4-6-8-18/h4-12,16,20-21H,13-15H2,1-3H3,(H2,28,29,30)/t20-,21+/m1/s1. The molecule has 0 aliphatic carbocycles. The molecule has 34 heavy (non-hydrogen) atoms. The molecule has 1 saturated heterocycles. The Morgan fingerprint density at radius 3 is 2.38 bits per heavy atom. The third-order valence-electron chi connectivity index (χ3n) is 6.39. The first-order valence-electron chi connectivity index (χ1n) is 11.5. The van der Waals surface area contributed by atoms with Gasteiger partial charge in [0.25, 0.3) is 0 Å². The highest BCUT2D eigenvalue weighted by atomic mass is 19.1. The molecule has 0 amide bonds. The summed E-state index contributed by atoms with van der Waals surface area (Å²) >= 11 is 0. The summed E-state index contributed by atoms with van der Waals surface area (Å²) in [6.45, 7) is 7.48. The van der Waals surface area contributed by atoms with Crippen LogP contribution in [-0.2, 0) is 0 Å². The number of anilines is 1. The summed E-state index contributed by atoms with van der Waals surface area (Å²) in [5.41, 5.74) is 8.21. The molecule has 3 heterocycles. The number of aromatic nitrogens is 4. The smallest absolute Gasteiger partial charge is 0.164 e. The van der Waals surface area contributed by atoms with Crippen LogP contribution >= 0.6 is 0 Å². The zero-order valence-electron chi connectivity index (χ0n) is 19.6. The van der Waals surface area contributed by atoms with Crippen molar-refractivity contribution in [2.24, 2.45) is 0 Å². The number of benzene rings is 2. The molecule has 2 N–H and O–H groups in total. The van der Waals surface area contributed by atoms with Gasteiger partial charge in [-0.3, -0.25) is 4.90 Å². The zero-order valence-corrected chi connectivity index (χ0v) is 19.6. The number of alkyl halides is 1. The van der Waals surface area contributed by atoms with E-state index in [1.54, 1.807) is 4.68 Å². The van der Waals surface area contributed by atoms with Gasteiger partial charge in [-0.1, -0.05) is 18.2 Å². The number of nitrogens with two attached hydrogens (primary N) is 1. The molecule has 5 rings (SSSR count). The number of hydrogen-bond acceptors (Lipinski definition) is 6. The first-order chi connectivity index (χ1) is 16.3. The molecule has 2 aromatic heterocycles. The highest BCUT2D eigenvalue weighted by Gasteiger charge is 2.37. The minimum atomic E-state index is -1.07. The predicted octanol–water partition coefficient (Wildman–Crippen LogP) is 5.25. The van der Waals surface area contributed by atoms with Gasteiger partial charge in [0.05, 0.1) is 11.4 Å². The van der Waals surface area contributed by atoms with Crippen molar-refractivity contribution >= 4 is 16.9 Å². The average Bonchev–Trinajstić information content (AvgIpc) is 3.20. The number of nitrogens with zero attached hydrogens (tertiary/aromatic N) is 5. The van der Waals surface area contributed by atoms with Crippen LogP contribution in [0.15, 0.2) is 60.9 Å². The van der Waals surface area contributed by atoms with E-state index >= 15 is 4.39 Å². The molecule has 0 spiro atoms. The van der Waals surface area contributed by atoms with E-state index in [2.05, 4.69) is 35.6 Å². The minimum absolute atomic E-state index is 0.0805. The van der Waals surface area contributed by atoms with Crippen molar-refractivity contribution in [3.63, 3.8) is 0 Å². The Hall–Kier alpha value is -3.52. The zero-order chi connectivity index (χ0) is 23.9. The molecule has 1 aliphatic rings. The van der Waals surface area contributed by atoms with Gasteiger partial charge in [-0.05, 0) is 63.6 Å². The van der Waals surface area contributed by atoms with Crippen molar-refractivity contribution in [1.29, 1.82) is 0 Å². The predicted molar refractivity (Wildman–Crippen MR) is 132 cm³/mol. The van der Waals surface area contributed by atoms with Crippen molar-refractivity contribution < 1.29 is 9.13 Å². The molecule has 8 heteroatoms. The Morgan fingerprint density at radius 1 is 1.00 bits per heavy atom. The van der Waals surface area contributed by atoms with Crippen molar-refractivity contribution in [1.82, 2.24) is 24.6 Å². The summed E-state index contributed by atoms with van der Waals surface area (Å²) in [5, 5.41) is 5.47. The van der Waals surface area contributed by atoms with Crippen LogP contribution in [0.2, 0.25) is 0 Å². The topological polar surface area (TPSA) is 82.1 Å². The molecule has 2 aromatic carbocycles. The minimum Gasteiger partial charge on any atom is -0.457 e. The lowest BCUT2D eigenvalue weighted by Gasteiger charge is -2.42. The van der Waals surface area contributed by atoms with Gasteiger partial charge in [-0.2, -0.15) is 5.10 Å². The Kier molecular flexibility index (Phi) is 5.69. The van der Waals surface area contributed by atoms with Crippen LogP contribution in [0, 0.1) is 0 Å². The van der Waals surface area contributed by atoms with Gasteiger partial charge in [-0.15, -0.1) is 0 Å². The maximum absolute atomic E-state index is 15.4. The van der Waals surface area contributed by atoms with Crippen LogP contribution in [-0.4, -0.2) is 49.4 Å². The lowest BCUT2D eigenvalue weighted by molar-refractivity contribution is 0.0299. The van der Waals surface area contributed by atoms with Crippen molar-refractivity contribution in [3.05, 3.63) is 60.9 Å². The lowest BCUT2D eigenvalue weighted by Crippen LogP contribution is -2.51. The fourth-order valence-electron chi connectivity index (χ4n) is 4.51. The van der Waals surface area contributed by atoms with Gasteiger partial charge < -0.3 is 10.5 Å². The van der Waals surface area contributed by atoms with Crippen LogP contribution in [0.5, 0.6) is 11.5 Å². The van der Waals surface area contributed by atoms with E-state index in [9.17, 15) is 0 Å². The van der Waals surface area contributed by atoms with E-state index in [-0.39, 0.29) is 5.54 Å². The SMILES string of the molecule is CC(C)(C)N1CC[C@H](n2nc(-c3ccc(Oc4ccccc4)cc3)c3c(N)ncnc32)[C@H](F)C1. The maximum atomic E-state index is 15.4. The van der Waals surface area contributed by atoms with E-state index in [0.29, 0.717) is 41.3 Å². The average molecular weight is 461 g/mol. The Bertz CT molecular complexity index is 1280. The molecule has 2 atom stereocenters. The highest BCUT2D eigenvalue weighted by Crippen LogP contribution is 2.36. The van der Waals surface area contributed by atoms with Crippen LogP contribution in [0.1, 0.15) is 33.2 Å². The van der Waals surface area contributed by atoms with Gasteiger partial charge in [0, 0.05) is 24.2 Å². The molecule has 0 bridgehead atoms. The quantitative estimate of drug-likeness (QED) is 0.448. The third-order valence-corrected chi connectivity index (χ3v) is 6.39. The van der Waals surface area contributed by atoms with Gasteiger partial charge in [-0.25, -0.2) is 19.0 Å². The number of ether oxygens (including phenoxy) is 1. The summed E-state index contributed by atoms with van der Waals surface area (Å²) in [6, 6.07) is 16.8. The van der Waals surface area contributed by atoms with Gasteiger partial charge in [0.15, 0.2) is 5.65 Å². The first kappa shape index (κ1) is 22.3. The van der Waals surface area contributed by atoms with E-state index in [1.807, 2.05) is 54.6 Å². The molecule has 176 valence electrons. The number of likely N-dealkylation sites (tertiary alicyclic amines) is 1. The number of rotatable bonds is 4. The van der Waals surface area contributed by atoms with Crippen LogP contribution < -0.4 is 10.5 Å². The van der Waals surface area contributed by atoms with Crippen molar-refractivity contribution in [3.8, 4) is 22.8 Å². The van der Waals surface area contributed by atoms with E-state index in [1.165, 1.54) is 6.33 Å². The number of halogens is 1. The Labute approximate surface area is 198 Å². The maximum Gasteiger partial charge on any atom is 0.164 e. The van der Waals surface area contributed by atoms with Crippen molar-refractivity contribution in [2.75, 3.05) is 18.8 Å². The fraction of sp³-hybridized carbons (Fsp3) is 0.346. The summed E-state index contributed by atoms with van der Waals surface area (Å²) in [4.78, 5) is 10.8. The molecule has 0 saturated carbocycles. The van der Waals surface area contributed by atoms with Crippen LogP contribution in [0.4, 0.5) is 10.2 Å². The summed E-state index contributed by atoms with van der Waals surface area (Å²) < 4.78 is 23.0. The molecule has 1 fully saturated rings. The van der Waals surface area contributed by atoms with Crippen molar-refractivity contribution in [2.45, 2.75) is 44.9 Å². The molecule has 7 nitrogen and oxygen atoms in total. The molecule has 4 aromatic rings. The second-order valence-electron chi connectivity index (χ2n) is 9.68. The molecule has 0 radical (unpaired) electrons. The second-order valence-corrected chi connectivity index (χ2v) is 9.68. The largest absolute Gasteiger partial charge is 0.457 e. The lowest BCUT2D eigenvalue weighted by atomic mass is 9.97. The van der Waals surface area contributed by atoms with Gasteiger partial charge in [0.1, 0.15) is 35.5 Å². The summed E-state index contributed by atoms with van der Waals surface area (Å²) in [6.07, 6.45) is 0.984. The van der Waals surface area contributed by atoms with E-state index in [0.717, 1.165) is 17.9 Å². The number of hydrogen-bond donors (Lipinski definition) is 1. The van der Waals surface area contributed by atoms with Crippen LogP contribution in [0.3, 0.4) is 0 Å². The molecular formula is C26H29FN6O. The van der Waals surface area contributed by atoms with Gasteiger partial charge in [0.2, 0.25) is 0 Å². The first-order valence-corrected chi connectivity index (χ1v) is 11.5. The number of para-hydroxylation sites is 1. The molecule has 1 aliphatic heterocycles. The highest BCUT2D eigenvalue weighted by molar-refractivity contribution is 5.98. The third kappa shape index (κ3) is 4.21. The monoisotopic (exact) mass is 460 g/mol. The molecule has 0 unspecified atom stereocenters. The fourth-order valence-corrected chi connectivity index (χ4v) is 4.51. The molecular weight excluding hydrogens is 431 g/mol. The van der Waals surface area contributed by atoms with E-state index < -0.39 is 12.2 Å². The van der Waals surface area contributed by atoms with Crippen LogP contribution in [0.25, 0.3) is 22.3 Å². The second kappa shape index (κ2) is 8.68. The number of piperidine rings is 1. The summed E-state index contributed by atoms with van der Waals surface area (Å²) in [7, 11) is 0. The Morgan fingerprint density at radius 2 is 1.71 bits per heavy atom. The van der Waals surface area contributed by atoms with Gasteiger partial charge >= 0.3 is 0 Å². The number of nitrogen functional groups attached to an aromatic ring is 1. The summed E-state index contributed by atoms with van der Waals surface area (Å²) in [5.74, 6) is 1.80. The normalized spacial score (nSPS) is 19.4. The van der Waals surface area contributed by atoms with E-state index in [4.69, 9.17) is 15.6 Å². The Balaban J connectivity index is 1.48.